The summed E-state index contributed by atoms with van der Waals surface area (Å²) in [6.07, 6.45) is 0. The minimum Gasteiger partial charge on any atom is -0.321 e. The standard InChI is InChI=1S/C24H20N6O3S2/c1-15-4-3-5-23(27-15)30-21(16-6-11-19-22(12-16)34-14-26-19)13-20(29-30)24(31)28-17-7-9-18(10-8-17)35(32,33)25-2/h3-14,25H,1-2H3,(H,28,31). The molecule has 35 heavy (non-hydrogen) atoms. The van der Waals surface area contributed by atoms with Crippen molar-refractivity contribution in [3.63, 3.8) is 0 Å². The minimum absolute atomic E-state index is 0.105. The van der Waals surface area contributed by atoms with Crippen LogP contribution in [0.5, 0.6) is 0 Å². The summed E-state index contributed by atoms with van der Waals surface area (Å²) in [5, 5.41) is 7.33. The predicted molar refractivity (Wildman–Crippen MR) is 135 cm³/mol. The Balaban J connectivity index is 1.52. The number of thiazole rings is 1. The Morgan fingerprint density at radius 2 is 1.83 bits per heavy atom. The van der Waals surface area contributed by atoms with Crippen LogP contribution in [0.2, 0.25) is 0 Å². The lowest BCUT2D eigenvalue weighted by Crippen LogP contribution is -2.18. The Kier molecular flexibility index (Phi) is 5.89. The maximum absolute atomic E-state index is 13.1. The number of benzene rings is 2. The SMILES string of the molecule is CNS(=O)(=O)c1ccc(NC(=O)c2cc(-c3ccc4ncsc4c3)n(-c3cccc(C)n3)n2)cc1. The van der Waals surface area contributed by atoms with Crippen molar-refractivity contribution in [1.29, 1.82) is 0 Å². The molecule has 0 radical (unpaired) electrons. The van der Waals surface area contributed by atoms with Crippen molar-refractivity contribution < 1.29 is 13.2 Å². The van der Waals surface area contributed by atoms with Crippen molar-refractivity contribution in [1.82, 2.24) is 24.5 Å². The van der Waals surface area contributed by atoms with Gasteiger partial charge in [0.05, 0.1) is 26.3 Å². The molecule has 3 heterocycles. The Morgan fingerprint density at radius 1 is 1.03 bits per heavy atom. The van der Waals surface area contributed by atoms with Crippen molar-refractivity contribution in [2.75, 3.05) is 12.4 Å². The van der Waals surface area contributed by atoms with E-state index in [4.69, 9.17) is 0 Å². The first kappa shape index (κ1) is 22.8. The quantitative estimate of drug-likeness (QED) is 0.361. The average Bonchev–Trinajstić information content (AvgIpc) is 3.51. The van der Waals surface area contributed by atoms with E-state index in [2.05, 4.69) is 25.1 Å². The number of nitrogens with one attached hydrogen (secondary N) is 2. The molecular formula is C24H20N6O3S2. The molecule has 1 amide bonds. The first-order valence-corrected chi connectivity index (χ1v) is 12.9. The summed E-state index contributed by atoms with van der Waals surface area (Å²) < 4.78 is 28.8. The van der Waals surface area contributed by atoms with Crippen LogP contribution in [0.1, 0.15) is 16.2 Å². The van der Waals surface area contributed by atoms with E-state index in [1.165, 1.54) is 42.6 Å². The number of nitrogens with zero attached hydrogens (tertiary/aromatic N) is 4. The number of carbonyl (C=O) groups excluding carboxylic acids is 1. The number of aromatic nitrogens is 4. The molecule has 5 aromatic rings. The molecule has 11 heteroatoms. The maximum Gasteiger partial charge on any atom is 0.276 e. The molecule has 0 saturated carbocycles. The second kappa shape index (κ2) is 9.02. The van der Waals surface area contributed by atoms with E-state index < -0.39 is 15.9 Å². The van der Waals surface area contributed by atoms with Crippen LogP contribution >= 0.6 is 11.3 Å². The van der Waals surface area contributed by atoms with Gasteiger partial charge >= 0.3 is 0 Å². The summed E-state index contributed by atoms with van der Waals surface area (Å²) in [5.74, 6) is 0.158. The number of aryl methyl sites for hydroxylation is 1. The number of fused-ring (bicyclic) bond motifs is 1. The third kappa shape index (κ3) is 4.56. The molecule has 0 atom stereocenters. The summed E-state index contributed by atoms with van der Waals surface area (Å²) in [7, 11) is -2.22. The van der Waals surface area contributed by atoms with Gasteiger partial charge in [-0.15, -0.1) is 11.3 Å². The van der Waals surface area contributed by atoms with Crippen LogP contribution in [0.3, 0.4) is 0 Å². The highest BCUT2D eigenvalue weighted by Gasteiger charge is 2.19. The summed E-state index contributed by atoms with van der Waals surface area (Å²) in [4.78, 5) is 22.1. The van der Waals surface area contributed by atoms with Gasteiger partial charge in [0.15, 0.2) is 11.5 Å². The zero-order valence-electron chi connectivity index (χ0n) is 18.8. The summed E-state index contributed by atoms with van der Waals surface area (Å²) in [6, 6.07) is 19.1. The van der Waals surface area contributed by atoms with E-state index in [-0.39, 0.29) is 10.6 Å². The van der Waals surface area contributed by atoms with Gasteiger partial charge in [-0.25, -0.2) is 27.8 Å². The lowest BCUT2D eigenvalue weighted by atomic mass is 10.1. The molecule has 2 N–H and O–H groups in total. The molecule has 0 saturated heterocycles. The van der Waals surface area contributed by atoms with Crippen molar-refractivity contribution in [2.24, 2.45) is 0 Å². The highest BCUT2D eigenvalue weighted by molar-refractivity contribution is 7.89. The second-order valence-corrected chi connectivity index (χ2v) is 10.5. The molecule has 2 aromatic carbocycles. The van der Waals surface area contributed by atoms with Gasteiger partial charge in [-0.2, -0.15) is 5.10 Å². The molecular weight excluding hydrogens is 484 g/mol. The lowest BCUT2D eigenvalue weighted by Gasteiger charge is -2.07. The third-order valence-corrected chi connectivity index (χ3v) is 7.57. The first-order valence-electron chi connectivity index (χ1n) is 10.6. The van der Waals surface area contributed by atoms with Crippen LogP contribution in [0.25, 0.3) is 27.3 Å². The molecule has 0 aliphatic rings. The monoisotopic (exact) mass is 504 g/mol. The van der Waals surface area contributed by atoms with Gasteiger partial charge in [-0.1, -0.05) is 12.1 Å². The van der Waals surface area contributed by atoms with E-state index in [1.807, 2.05) is 43.3 Å². The topological polar surface area (TPSA) is 119 Å². The number of rotatable bonds is 6. The van der Waals surface area contributed by atoms with Gasteiger partial charge in [0.25, 0.3) is 5.91 Å². The van der Waals surface area contributed by atoms with E-state index in [1.54, 1.807) is 16.3 Å². The average molecular weight is 505 g/mol. The molecule has 0 spiro atoms. The van der Waals surface area contributed by atoms with Crippen LogP contribution in [0.4, 0.5) is 5.69 Å². The number of sulfonamides is 1. The molecule has 9 nitrogen and oxygen atoms in total. The Labute approximate surface area is 205 Å². The van der Waals surface area contributed by atoms with Crippen molar-refractivity contribution in [2.45, 2.75) is 11.8 Å². The smallest absolute Gasteiger partial charge is 0.276 e. The predicted octanol–water partition coefficient (Wildman–Crippen LogP) is 4.01. The van der Waals surface area contributed by atoms with Gasteiger partial charge in [-0.05, 0) is 68.6 Å². The van der Waals surface area contributed by atoms with E-state index in [0.717, 1.165) is 21.5 Å². The van der Waals surface area contributed by atoms with E-state index in [9.17, 15) is 13.2 Å². The number of hydrogen-bond donors (Lipinski definition) is 2. The van der Waals surface area contributed by atoms with Crippen molar-refractivity contribution in [3.8, 4) is 17.1 Å². The van der Waals surface area contributed by atoms with E-state index >= 15 is 0 Å². The lowest BCUT2D eigenvalue weighted by molar-refractivity contribution is 0.102. The molecule has 0 aliphatic heterocycles. The van der Waals surface area contributed by atoms with Crippen LogP contribution in [-0.2, 0) is 10.0 Å². The van der Waals surface area contributed by atoms with E-state index in [0.29, 0.717) is 17.2 Å². The summed E-state index contributed by atoms with van der Waals surface area (Å²) in [5.41, 5.74) is 5.74. The van der Waals surface area contributed by atoms with Gasteiger partial charge in [0, 0.05) is 16.9 Å². The van der Waals surface area contributed by atoms with Crippen LogP contribution in [0, 0.1) is 6.92 Å². The fourth-order valence-electron chi connectivity index (χ4n) is 3.56. The minimum atomic E-state index is -3.56. The van der Waals surface area contributed by atoms with Crippen molar-refractivity contribution in [3.05, 3.63) is 83.6 Å². The van der Waals surface area contributed by atoms with Crippen LogP contribution in [-0.4, -0.2) is 41.1 Å². The van der Waals surface area contributed by atoms with Crippen LogP contribution < -0.4 is 10.0 Å². The normalized spacial score (nSPS) is 11.6. The Morgan fingerprint density at radius 3 is 2.57 bits per heavy atom. The number of anilines is 1. The number of hydrogen-bond acceptors (Lipinski definition) is 7. The highest BCUT2D eigenvalue weighted by atomic mass is 32.2. The third-order valence-electron chi connectivity index (χ3n) is 5.35. The zero-order chi connectivity index (χ0) is 24.6. The Hall–Kier alpha value is -3.93. The van der Waals surface area contributed by atoms with Gasteiger partial charge in [-0.3, -0.25) is 4.79 Å². The number of amides is 1. The maximum atomic E-state index is 13.1. The molecule has 0 unspecified atom stereocenters. The largest absolute Gasteiger partial charge is 0.321 e. The second-order valence-electron chi connectivity index (χ2n) is 7.68. The fourth-order valence-corrected chi connectivity index (χ4v) is 5.01. The molecule has 3 aromatic heterocycles. The molecule has 5 rings (SSSR count). The van der Waals surface area contributed by atoms with Gasteiger partial charge in [0.2, 0.25) is 10.0 Å². The number of pyridine rings is 1. The first-order chi connectivity index (χ1) is 16.8. The number of carbonyl (C=O) groups is 1. The summed E-state index contributed by atoms with van der Waals surface area (Å²) >= 11 is 1.54. The molecule has 0 bridgehead atoms. The summed E-state index contributed by atoms with van der Waals surface area (Å²) in [6.45, 7) is 1.89. The Bertz CT molecular complexity index is 1660. The zero-order valence-corrected chi connectivity index (χ0v) is 20.4. The highest BCUT2D eigenvalue weighted by Crippen LogP contribution is 2.29. The van der Waals surface area contributed by atoms with Crippen LogP contribution in [0.15, 0.2) is 77.1 Å². The molecule has 0 aliphatic carbocycles. The van der Waals surface area contributed by atoms with Gasteiger partial charge in [0.1, 0.15) is 0 Å². The molecule has 0 fully saturated rings. The fraction of sp³-hybridized carbons (Fsp3) is 0.0833. The molecule has 176 valence electrons. The van der Waals surface area contributed by atoms with Crippen molar-refractivity contribution >= 4 is 43.2 Å². The van der Waals surface area contributed by atoms with Gasteiger partial charge < -0.3 is 5.32 Å².